The zero-order valence-electron chi connectivity index (χ0n) is 11.7. The number of benzene rings is 1. The van der Waals surface area contributed by atoms with Crippen LogP contribution in [0.25, 0.3) is 11.4 Å². The van der Waals surface area contributed by atoms with Gasteiger partial charge in [0, 0.05) is 24.8 Å². The van der Waals surface area contributed by atoms with E-state index in [1.165, 1.54) is 0 Å². The molecule has 8 heteroatoms. The molecule has 21 heavy (non-hydrogen) atoms. The number of hydrogen-bond acceptors (Lipinski definition) is 5. The van der Waals surface area contributed by atoms with E-state index in [1.54, 1.807) is 30.8 Å². The van der Waals surface area contributed by atoms with Crippen LogP contribution < -0.4 is 10.6 Å². The van der Waals surface area contributed by atoms with Crippen molar-refractivity contribution in [2.75, 3.05) is 11.9 Å². The molecule has 1 aromatic carbocycles. The lowest BCUT2D eigenvalue weighted by atomic mass is 10.2. The fraction of sp³-hybridized carbons (Fsp3) is 0.308. The summed E-state index contributed by atoms with van der Waals surface area (Å²) in [5.41, 5.74) is 1.50. The summed E-state index contributed by atoms with van der Waals surface area (Å²) in [6, 6.07) is 8.87. The molecule has 0 aliphatic carbocycles. The Balaban J connectivity index is 1.95. The van der Waals surface area contributed by atoms with Crippen molar-refractivity contribution in [3.05, 3.63) is 24.3 Å². The first kappa shape index (κ1) is 14.5. The molecule has 1 aromatic heterocycles. The monoisotopic (exact) mass is 285 g/mol. The van der Waals surface area contributed by atoms with Crippen molar-refractivity contribution in [2.24, 2.45) is 13.0 Å². The van der Waals surface area contributed by atoms with E-state index in [0.29, 0.717) is 18.1 Å². The zero-order valence-corrected chi connectivity index (χ0v) is 11.7. The molecule has 0 aliphatic rings. The van der Waals surface area contributed by atoms with Crippen LogP contribution in [0.4, 0.5) is 10.5 Å². The number of aromatic nitrogens is 4. The van der Waals surface area contributed by atoms with Gasteiger partial charge in [0.1, 0.15) is 0 Å². The predicted octanol–water partition coefficient (Wildman–Crippen LogP) is 1.16. The molecule has 1 heterocycles. The minimum Gasteiger partial charge on any atom is -0.337 e. The Morgan fingerprint density at radius 2 is 2.14 bits per heavy atom. The smallest absolute Gasteiger partial charge is 0.319 e. The lowest BCUT2D eigenvalue weighted by molar-refractivity contribution is 0.251. The third kappa shape index (κ3) is 3.76. The zero-order chi connectivity index (χ0) is 15.2. The average Bonchev–Trinajstić information content (AvgIpc) is 2.91. The number of rotatable bonds is 4. The number of anilines is 1. The van der Waals surface area contributed by atoms with Crippen molar-refractivity contribution < 1.29 is 4.79 Å². The average molecular weight is 285 g/mol. The minimum atomic E-state index is -0.342. The van der Waals surface area contributed by atoms with Gasteiger partial charge >= 0.3 is 6.03 Å². The number of carbonyl (C=O) groups is 1. The fourth-order valence-corrected chi connectivity index (χ4v) is 1.64. The summed E-state index contributed by atoms with van der Waals surface area (Å²) in [5, 5.41) is 25.2. The highest BCUT2D eigenvalue weighted by molar-refractivity contribution is 5.89. The van der Waals surface area contributed by atoms with Gasteiger partial charge in [0.05, 0.1) is 12.0 Å². The van der Waals surface area contributed by atoms with Crippen LogP contribution in [0, 0.1) is 17.2 Å². The molecule has 0 saturated carbocycles. The molecule has 0 aliphatic heterocycles. The van der Waals surface area contributed by atoms with E-state index in [0.717, 1.165) is 5.56 Å². The molecule has 0 fully saturated rings. The van der Waals surface area contributed by atoms with Gasteiger partial charge < -0.3 is 10.6 Å². The third-order valence-electron chi connectivity index (χ3n) is 2.81. The van der Waals surface area contributed by atoms with E-state index < -0.39 is 0 Å². The second-order valence-electron chi connectivity index (χ2n) is 4.57. The lowest BCUT2D eigenvalue weighted by Crippen LogP contribution is -2.31. The number of nitrogens with zero attached hydrogens (tertiary/aromatic N) is 5. The highest BCUT2D eigenvalue weighted by atomic mass is 16.2. The van der Waals surface area contributed by atoms with Gasteiger partial charge in [0.25, 0.3) is 0 Å². The number of nitrogens with one attached hydrogen (secondary N) is 2. The van der Waals surface area contributed by atoms with E-state index >= 15 is 0 Å². The van der Waals surface area contributed by atoms with Gasteiger partial charge in [-0.25, -0.2) is 9.48 Å². The molecule has 1 unspecified atom stereocenters. The van der Waals surface area contributed by atoms with E-state index in [-0.39, 0.29) is 11.9 Å². The summed E-state index contributed by atoms with van der Waals surface area (Å²) in [6.45, 7) is 2.05. The van der Waals surface area contributed by atoms with Crippen molar-refractivity contribution in [1.29, 1.82) is 5.26 Å². The minimum absolute atomic E-state index is 0.221. The van der Waals surface area contributed by atoms with E-state index in [4.69, 9.17) is 5.26 Å². The highest BCUT2D eigenvalue weighted by Crippen LogP contribution is 2.17. The summed E-state index contributed by atoms with van der Waals surface area (Å²) in [4.78, 5) is 11.6. The number of amides is 2. The molecule has 0 saturated heterocycles. The number of tetrazole rings is 1. The number of carbonyl (C=O) groups excluding carboxylic acids is 1. The molecule has 1 atom stereocenters. The first-order valence-corrected chi connectivity index (χ1v) is 6.37. The van der Waals surface area contributed by atoms with Crippen molar-refractivity contribution in [1.82, 2.24) is 25.5 Å². The van der Waals surface area contributed by atoms with E-state index in [9.17, 15) is 4.79 Å². The van der Waals surface area contributed by atoms with E-state index in [2.05, 4.69) is 26.2 Å². The second kappa shape index (κ2) is 6.47. The van der Waals surface area contributed by atoms with Crippen LogP contribution in [-0.4, -0.2) is 32.8 Å². The molecular formula is C13H15N7O. The summed E-state index contributed by atoms with van der Waals surface area (Å²) in [7, 11) is 1.76. The van der Waals surface area contributed by atoms with Crippen molar-refractivity contribution in [3.63, 3.8) is 0 Å². The van der Waals surface area contributed by atoms with Crippen molar-refractivity contribution in [2.45, 2.75) is 6.92 Å². The van der Waals surface area contributed by atoms with Crippen LogP contribution in [0.3, 0.4) is 0 Å². The van der Waals surface area contributed by atoms with Gasteiger partial charge in [-0.3, -0.25) is 0 Å². The van der Waals surface area contributed by atoms with Crippen molar-refractivity contribution in [3.8, 4) is 17.5 Å². The van der Waals surface area contributed by atoms with Gasteiger partial charge in [0.15, 0.2) is 5.82 Å². The Morgan fingerprint density at radius 3 is 2.71 bits per heavy atom. The Labute approximate surface area is 121 Å². The predicted molar refractivity (Wildman–Crippen MR) is 76.0 cm³/mol. The molecular weight excluding hydrogens is 270 g/mol. The van der Waals surface area contributed by atoms with Gasteiger partial charge in [-0.2, -0.15) is 5.26 Å². The Kier molecular flexibility index (Phi) is 4.46. The first-order valence-electron chi connectivity index (χ1n) is 6.37. The normalized spacial score (nSPS) is 11.5. The van der Waals surface area contributed by atoms with Crippen LogP contribution in [0.5, 0.6) is 0 Å². The van der Waals surface area contributed by atoms with Gasteiger partial charge in [-0.15, -0.1) is 5.10 Å². The Morgan fingerprint density at radius 1 is 1.43 bits per heavy atom. The highest BCUT2D eigenvalue weighted by Gasteiger charge is 2.07. The molecule has 0 bridgehead atoms. The largest absolute Gasteiger partial charge is 0.337 e. The SMILES string of the molecule is CC(C#N)CNC(=O)Nc1ccc(-c2nnnn2C)cc1. The summed E-state index contributed by atoms with van der Waals surface area (Å²) >= 11 is 0. The second-order valence-corrected chi connectivity index (χ2v) is 4.57. The topological polar surface area (TPSA) is 109 Å². The van der Waals surface area contributed by atoms with Crippen LogP contribution in [-0.2, 0) is 7.05 Å². The lowest BCUT2D eigenvalue weighted by Gasteiger charge is -2.08. The number of aryl methyl sites for hydroxylation is 1. The molecule has 0 spiro atoms. The maximum absolute atomic E-state index is 11.6. The third-order valence-corrected chi connectivity index (χ3v) is 2.81. The van der Waals surface area contributed by atoms with Gasteiger partial charge in [-0.05, 0) is 41.6 Å². The molecule has 2 rings (SSSR count). The summed E-state index contributed by atoms with van der Waals surface area (Å²) in [5.74, 6) is 0.426. The van der Waals surface area contributed by atoms with Crippen LogP contribution in [0.2, 0.25) is 0 Å². The van der Waals surface area contributed by atoms with Crippen LogP contribution in [0.15, 0.2) is 24.3 Å². The van der Waals surface area contributed by atoms with E-state index in [1.807, 2.05) is 18.2 Å². The van der Waals surface area contributed by atoms with Crippen molar-refractivity contribution >= 4 is 11.7 Å². The number of urea groups is 1. The van der Waals surface area contributed by atoms with Gasteiger partial charge in [-0.1, -0.05) is 0 Å². The molecule has 2 aromatic rings. The maximum atomic E-state index is 11.6. The van der Waals surface area contributed by atoms with Gasteiger partial charge in [0.2, 0.25) is 0 Å². The maximum Gasteiger partial charge on any atom is 0.319 e. The Bertz CT molecular complexity index is 656. The van der Waals surface area contributed by atoms with Crippen LogP contribution in [0.1, 0.15) is 6.92 Å². The molecule has 8 nitrogen and oxygen atoms in total. The quantitative estimate of drug-likeness (QED) is 0.876. The van der Waals surface area contributed by atoms with Crippen LogP contribution >= 0.6 is 0 Å². The molecule has 2 N–H and O–H groups in total. The molecule has 2 amide bonds. The number of nitriles is 1. The number of hydrogen-bond donors (Lipinski definition) is 2. The molecule has 0 radical (unpaired) electrons. The summed E-state index contributed by atoms with van der Waals surface area (Å²) < 4.78 is 1.57. The molecule has 108 valence electrons. The standard InChI is InChI=1S/C13H15N7O/c1-9(7-14)8-15-13(21)16-11-5-3-10(4-6-11)12-17-18-19-20(12)2/h3-6,9H,8H2,1-2H3,(H2,15,16,21). The summed E-state index contributed by atoms with van der Waals surface area (Å²) in [6.07, 6.45) is 0. The fourth-order valence-electron chi connectivity index (χ4n) is 1.64. The first-order chi connectivity index (χ1) is 10.1. The Hall–Kier alpha value is -2.95.